The number of nitrogens with zero attached hydrogens (tertiary/aromatic N) is 1. The molecule has 0 aliphatic rings. The van der Waals surface area contributed by atoms with Gasteiger partial charge < -0.3 is 15.6 Å². The van der Waals surface area contributed by atoms with Gasteiger partial charge in [-0.05, 0) is 17.2 Å². The number of benzene rings is 2. The van der Waals surface area contributed by atoms with Crippen molar-refractivity contribution in [1.82, 2.24) is 4.57 Å². The fourth-order valence-corrected chi connectivity index (χ4v) is 2.55. The van der Waals surface area contributed by atoms with Crippen LogP contribution in [-0.4, -0.2) is 4.57 Å². The molecule has 0 aliphatic heterocycles. The predicted octanol–water partition coefficient (Wildman–Crippen LogP) is 3.25. The number of aryl methyl sites for hydroxylation is 1. The van der Waals surface area contributed by atoms with Gasteiger partial charge in [0.05, 0.1) is 5.69 Å². The van der Waals surface area contributed by atoms with E-state index in [0.717, 1.165) is 6.54 Å². The summed E-state index contributed by atoms with van der Waals surface area (Å²) in [4.78, 5) is 0. The molecule has 3 heteroatoms. The third kappa shape index (κ3) is 2.40. The fourth-order valence-electron chi connectivity index (χ4n) is 2.55. The highest BCUT2D eigenvalue weighted by Crippen LogP contribution is 2.25. The number of hydrogen-bond donors (Lipinski definition) is 2. The molecular formula is C17H19N3. The first kappa shape index (κ1) is 12.8. The summed E-state index contributed by atoms with van der Waals surface area (Å²) >= 11 is 0. The number of anilines is 1. The van der Waals surface area contributed by atoms with Crippen molar-refractivity contribution in [3.63, 3.8) is 0 Å². The van der Waals surface area contributed by atoms with Gasteiger partial charge in [0, 0.05) is 37.2 Å². The normalized spacial score (nSPS) is 10.9. The number of aromatic nitrogens is 1. The second-order valence-electron chi connectivity index (χ2n) is 5.05. The molecule has 0 bridgehead atoms. The van der Waals surface area contributed by atoms with E-state index in [9.17, 15) is 0 Å². The minimum atomic E-state index is 0.585. The lowest BCUT2D eigenvalue weighted by Crippen LogP contribution is -2.01. The zero-order chi connectivity index (χ0) is 13.9. The Bertz CT molecular complexity index is 728. The first-order chi connectivity index (χ1) is 9.78. The quantitative estimate of drug-likeness (QED) is 0.760. The SMILES string of the molecule is Cn1cc(NCc2cccc(CN)c2)c2ccccc21. The Balaban J connectivity index is 1.83. The second-order valence-corrected chi connectivity index (χ2v) is 5.05. The zero-order valence-corrected chi connectivity index (χ0v) is 11.6. The highest BCUT2D eigenvalue weighted by atomic mass is 15.0. The average Bonchev–Trinajstić information content (AvgIpc) is 2.82. The van der Waals surface area contributed by atoms with Crippen molar-refractivity contribution in [2.24, 2.45) is 12.8 Å². The molecular weight excluding hydrogens is 246 g/mol. The molecule has 1 heterocycles. The second kappa shape index (κ2) is 5.39. The first-order valence-corrected chi connectivity index (χ1v) is 6.84. The van der Waals surface area contributed by atoms with Gasteiger partial charge in [-0.15, -0.1) is 0 Å². The van der Waals surface area contributed by atoms with E-state index in [2.05, 4.69) is 71.7 Å². The molecule has 1 aromatic heterocycles. The Morgan fingerprint density at radius 1 is 1.05 bits per heavy atom. The number of hydrogen-bond acceptors (Lipinski definition) is 2. The van der Waals surface area contributed by atoms with Crippen LogP contribution in [0.1, 0.15) is 11.1 Å². The lowest BCUT2D eigenvalue weighted by Gasteiger charge is -2.06. The molecule has 0 saturated heterocycles. The summed E-state index contributed by atoms with van der Waals surface area (Å²) < 4.78 is 2.15. The van der Waals surface area contributed by atoms with Gasteiger partial charge >= 0.3 is 0 Å². The van der Waals surface area contributed by atoms with Crippen molar-refractivity contribution < 1.29 is 0 Å². The van der Waals surface area contributed by atoms with Gasteiger partial charge in [-0.25, -0.2) is 0 Å². The molecule has 0 radical (unpaired) electrons. The Labute approximate surface area is 119 Å². The number of para-hydroxylation sites is 1. The Kier molecular flexibility index (Phi) is 3.44. The van der Waals surface area contributed by atoms with Crippen LogP contribution in [0.5, 0.6) is 0 Å². The van der Waals surface area contributed by atoms with Gasteiger partial charge in [0.25, 0.3) is 0 Å². The molecule has 0 amide bonds. The van der Waals surface area contributed by atoms with E-state index in [1.54, 1.807) is 0 Å². The molecule has 0 atom stereocenters. The van der Waals surface area contributed by atoms with Gasteiger partial charge in [0.15, 0.2) is 0 Å². The third-order valence-electron chi connectivity index (χ3n) is 3.61. The van der Waals surface area contributed by atoms with E-state index in [4.69, 9.17) is 5.73 Å². The lowest BCUT2D eigenvalue weighted by molar-refractivity contribution is 0.967. The Morgan fingerprint density at radius 2 is 1.85 bits per heavy atom. The van der Waals surface area contributed by atoms with Gasteiger partial charge in [-0.2, -0.15) is 0 Å². The van der Waals surface area contributed by atoms with Crippen LogP contribution in [0.25, 0.3) is 10.9 Å². The van der Waals surface area contributed by atoms with Crippen molar-refractivity contribution in [3.05, 3.63) is 65.9 Å². The van der Waals surface area contributed by atoms with Crippen molar-refractivity contribution >= 4 is 16.6 Å². The first-order valence-electron chi connectivity index (χ1n) is 6.84. The summed E-state index contributed by atoms with van der Waals surface area (Å²) in [5, 5.41) is 4.77. The molecule has 2 aromatic carbocycles. The third-order valence-corrected chi connectivity index (χ3v) is 3.61. The highest BCUT2D eigenvalue weighted by molar-refractivity contribution is 5.92. The van der Waals surface area contributed by atoms with Crippen molar-refractivity contribution in [2.45, 2.75) is 13.1 Å². The summed E-state index contributed by atoms with van der Waals surface area (Å²) in [6, 6.07) is 16.8. The van der Waals surface area contributed by atoms with Crippen LogP contribution in [-0.2, 0) is 20.1 Å². The van der Waals surface area contributed by atoms with E-state index in [0.29, 0.717) is 6.54 Å². The van der Waals surface area contributed by atoms with Crippen molar-refractivity contribution in [1.29, 1.82) is 0 Å². The van der Waals surface area contributed by atoms with Crippen LogP contribution >= 0.6 is 0 Å². The smallest absolute Gasteiger partial charge is 0.0602 e. The summed E-state index contributed by atoms with van der Waals surface area (Å²) in [7, 11) is 2.07. The van der Waals surface area contributed by atoms with E-state index in [-0.39, 0.29) is 0 Å². The molecule has 0 saturated carbocycles. The van der Waals surface area contributed by atoms with Gasteiger partial charge in [0.1, 0.15) is 0 Å². The number of nitrogens with one attached hydrogen (secondary N) is 1. The van der Waals surface area contributed by atoms with Crippen LogP contribution in [0.4, 0.5) is 5.69 Å². The van der Waals surface area contributed by atoms with Crippen LogP contribution in [0.3, 0.4) is 0 Å². The molecule has 0 spiro atoms. The van der Waals surface area contributed by atoms with Gasteiger partial charge in [-0.1, -0.05) is 42.5 Å². The molecule has 0 aliphatic carbocycles. The molecule has 0 fully saturated rings. The number of rotatable bonds is 4. The average molecular weight is 265 g/mol. The van der Waals surface area contributed by atoms with Crippen molar-refractivity contribution in [3.8, 4) is 0 Å². The minimum absolute atomic E-state index is 0.585. The molecule has 3 nitrogen and oxygen atoms in total. The molecule has 0 unspecified atom stereocenters. The summed E-state index contributed by atoms with van der Waals surface area (Å²) in [5.41, 5.74) is 10.5. The van der Waals surface area contributed by atoms with Crippen molar-refractivity contribution in [2.75, 3.05) is 5.32 Å². The highest BCUT2D eigenvalue weighted by Gasteiger charge is 2.05. The maximum absolute atomic E-state index is 5.68. The van der Waals surface area contributed by atoms with E-state index < -0.39 is 0 Å². The Morgan fingerprint density at radius 3 is 2.70 bits per heavy atom. The maximum Gasteiger partial charge on any atom is 0.0602 e. The largest absolute Gasteiger partial charge is 0.379 e. The Hall–Kier alpha value is -2.26. The molecule has 3 aromatic rings. The molecule has 20 heavy (non-hydrogen) atoms. The minimum Gasteiger partial charge on any atom is -0.379 e. The van der Waals surface area contributed by atoms with Gasteiger partial charge in [-0.3, -0.25) is 0 Å². The van der Waals surface area contributed by atoms with Crippen LogP contribution in [0, 0.1) is 0 Å². The molecule has 102 valence electrons. The van der Waals surface area contributed by atoms with Crippen LogP contribution < -0.4 is 11.1 Å². The lowest BCUT2D eigenvalue weighted by atomic mass is 10.1. The van der Waals surface area contributed by atoms with Crippen LogP contribution in [0.2, 0.25) is 0 Å². The molecule has 3 rings (SSSR count). The molecule has 3 N–H and O–H groups in total. The fraction of sp³-hybridized carbons (Fsp3) is 0.176. The van der Waals surface area contributed by atoms with Crippen LogP contribution in [0.15, 0.2) is 54.7 Å². The standard InChI is InChI=1S/C17H19N3/c1-20-12-16(15-7-2-3-8-17(15)20)19-11-14-6-4-5-13(9-14)10-18/h2-9,12,19H,10-11,18H2,1H3. The van der Waals surface area contributed by atoms with Gasteiger partial charge in [0.2, 0.25) is 0 Å². The number of fused-ring (bicyclic) bond motifs is 1. The van der Waals surface area contributed by atoms with E-state index in [1.807, 2.05) is 0 Å². The summed E-state index contributed by atoms with van der Waals surface area (Å²) in [6.45, 7) is 1.39. The predicted molar refractivity (Wildman–Crippen MR) is 84.6 cm³/mol. The summed E-state index contributed by atoms with van der Waals surface area (Å²) in [5.74, 6) is 0. The zero-order valence-electron chi connectivity index (χ0n) is 11.6. The number of nitrogens with two attached hydrogens (primary N) is 1. The summed E-state index contributed by atoms with van der Waals surface area (Å²) in [6.07, 6.45) is 2.14. The van der Waals surface area contributed by atoms with E-state index >= 15 is 0 Å². The maximum atomic E-state index is 5.68. The topological polar surface area (TPSA) is 43.0 Å². The van der Waals surface area contributed by atoms with E-state index in [1.165, 1.54) is 27.7 Å². The monoisotopic (exact) mass is 265 g/mol.